The fraction of sp³-hybridized carbons (Fsp3) is 0.739. The zero-order chi connectivity index (χ0) is 22.8. The third kappa shape index (κ3) is 11.8. The highest BCUT2D eigenvalue weighted by Crippen LogP contribution is 2.29. The van der Waals surface area contributed by atoms with Gasteiger partial charge in [-0.25, -0.2) is 4.79 Å². The fourth-order valence-electron chi connectivity index (χ4n) is 3.81. The van der Waals surface area contributed by atoms with Crippen LogP contribution in [0, 0.1) is 23.7 Å². The molecule has 0 aliphatic rings. The van der Waals surface area contributed by atoms with Gasteiger partial charge in [0.15, 0.2) is 0 Å². The van der Waals surface area contributed by atoms with Gasteiger partial charge in [-0.15, -0.1) is 0 Å². The SMILES string of the molecule is CC[C@H](C)C[C@@](C)(O)C[C@H](CO)C[C@@H](C)/C=C(C)/C=C(/C[C@@H](C)C(=O)O)C(=O)O. The Balaban J connectivity index is 5.10. The van der Waals surface area contributed by atoms with Crippen molar-refractivity contribution in [1.29, 1.82) is 0 Å². The summed E-state index contributed by atoms with van der Waals surface area (Å²) in [7, 11) is 0. The summed E-state index contributed by atoms with van der Waals surface area (Å²) in [6.07, 6.45) is 6.28. The Morgan fingerprint density at radius 2 is 1.69 bits per heavy atom. The summed E-state index contributed by atoms with van der Waals surface area (Å²) < 4.78 is 0. The lowest BCUT2D eigenvalue weighted by Crippen LogP contribution is -2.31. The molecular formula is C23H40O6. The van der Waals surface area contributed by atoms with Crippen LogP contribution in [0.15, 0.2) is 23.3 Å². The largest absolute Gasteiger partial charge is 0.481 e. The van der Waals surface area contributed by atoms with Crippen LogP contribution in [0.5, 0.6) is 0 Å². The highest BCUT2D eigenvalue weighted by molar-refractivity contribution is 5.88. The molecule has 0 aliphatic heterocycles. The molecule has 0 saturated carbocycles. The van der Waals surface area contributed by atoms with E-state index < -0.39 is 23.5 Å². The Bertz CT molecular complexity index is 590. The van der Waals surface area contributed by atoms with Gasteiger partial charge >= 0.3 is 11.9 Å². The molecule has 4 N–H and O–H groups in total. The van der Waals surface area contributed by atoms with Gasteiger partial charge in [0.25, 0.3) is 0 Å². The predicted octanol–water partition coefficient (Wildman–Crippen LogP) is 4.27. The first-order valence-electron chi connectivity index (χ1n) is 10.5. The van der Waals surface area contributed by atoms with Gasteiger partial charge in [-0.3, -0.25) is 4.79 Å². The van der Waals surface area contributed by atoms with Crippen LogP contribution in [0.1, 0.15) is 73.6 Å². The second kappa shape index (κ2) is 12.8. The van der Waals surface area contributed by atoms with Crippen LogP contribution in [0.2, 0.25) is 0 Å². The zero-order valence-corrected chi connectivity index (χ0v) is 18.8. The maximum atomic E-state index is 11.4. The zero-order valence-electron chi connectivity index (χ0n) is 18.8. The second-order valence-corrected chi connectivity index (χ2v) is 9.01. The summed E-state index contributed by atoms with van der Waals surface area (Å²) in [5.74, 6) is -2.47. The summed E-state index contributed by atoms with van der Waals surface area (Å²) in [4.78, 5) is 22.4. The molecular weight excluding hydrogens is 372 g/mol. The van der Waals surface area contributed by atoms with Crippen molar-refractivity contribution in [2.75, 3.05) is 6.61 Å². The van der Waals surface area contributed by atoms with E-state index in [2.05, 4.69) is 13.8 Å². The van der Waals surface area contributed by atoms with Gasteiger partial charge in [-0.1, -0.05) is 45.8 Å². The topological polar surface area (TPSA) is 115 Å². The van der Waals surface area contributed by atoms with E-state index in [0.717, 1.165) is 12.0 Å². The number of aliphatic hydroxyl groups is 2. The molecule has 6 heteroatoms. The molecule has 0 aromatic carbocycles. The molecule has 0 aromatic rings. The number of rotatable bonds is 14. The van der Waals surface area contributed by atoms with Crippen molar-refractivity contribution < 1.29 is 30.0 Å². The van der Waals surface area contributed by atoms with Crippen molar-refractivity contribution in [1.82, 2.24) is 0 Å². The maximum absolute atomic E-state index is 11.4. The third-order valence-electron chi connectivity index (χ3n) is 5.35. The van der Waals surface area contributed by atoms with Gasteiger partial charge in [0, 0.05) is 12.2 Å². The van der Waals surface area contributed by atoms with E-state index in [9.17, 15) is 24.9 Å². The minimum Gasteiger partial charge on any atom is -0.481 e. The van der Waals surface area contributed by atoms with E-state index in [0.29, 0.717) is 25.2 Å². The average molecular weight is 413 g/mol. The van der Waals surface area contributed by atoms with E-state index in [1.165, 1.54) is 13.0 Å². The van der Waals surface area contributed by atoms with Crippen molar-refractivity contribution in [3.63, 3.8) is 0 Å². The number of aliphatic carboxylic acids is 2. The maximum Gasteiger partial charge on any atom is 0.331 e. The van der Waals surface area contributed by atoms with E-state index in [-0.39, 0.29) is 30.4 Å². The number of carboxylic acid groups (broad SMARTS) is 2. The molecule has 0 amide bonds. The molecule has 0 rings (SSSR count). The Morgan fingerprint density at radius 3 is 2.14 bits per heavy atom. The van der Waals surface area contributed by atoms with Gasteiger partial charge in [-0.05, 0) is 63.4 Å². The first-order chi connectivity index (χ1) is 13.3. The Kier molecular flexibility index (Phi) is 12.1. The summed E-state index contributed by atoms with van der Waals surface area (Å²) in [6.45, 7) is 11.3. The Labute approximate surface area is 175 Å². The standard InChI is InChI=1S/C23H40O6/c1-7-15(2)12-23(6,29)13-19(14-24)9-16(3)8-17(4)10-20(22(27)28)11-18(5)21(25)26/h8,10,15-16,18-19,24,29H,7,9,11-14H2,1-6H3,(H,25,26)(H,27,28)/b17-8+,20-10-/t15-,16-,18+,19+,23+/m0/s1. The van der Waals surface area contributed by atoms with Crippen LogP contribution < -0.4 is 0 Å². The minimum absolute atomic E-state index is 0.0137. The highest BCUT2D eigenvalue weighted by atomic mass is 16.4. The summed E-state index contributed by atoms with van der Waals surface area (Å²) in [5.41, 5.74) is -0.0171. The molecule has 0 saturated heterocycles. The van der Waals surface area contributed by atoms with Crippen LogP contribution in [-0.2, 0) is 9.59 Å². The van der Waals surface area contributed by atoms with Crippen molar-refractivity contribution in [2.24, 2.45) is 23.7 Å². The van der Waals surface area contributed by atoms with Gasteiger partial charge in [-0.2, -0.15) is 0 Å². The number of carbonyl (C=O) groups is 2. The minimum atomic E-state index is -1.12. The molecule has 0 unspecified atom stereocenters. The average Bonchev–Trinajstić information content (AvgIpc) is 2.59. The summed E-state index contributed by atoms with van der Waals surface area (Å²) in [6, 6.07) is 0. The van der Waals surface area contributed by atoms with E-state index >= 15 is 0 Å². The molecule has 0 radical (unpaired) electrons. The Hall–Kier alpha value is -1.66. The first-order valence-corrected chi connectivity index (χ1v) is 10.5. The van der Waals surface area contributed by atoms with Crippen molar-refractivity contribution >= 4 is 11.9 Å². The first kappa shape index (κ1) is 27.3. The Morgan fingerprint density at radius 1 is 1.10 bits per heavy atom. The van der Waals surface area contributed by atoms with Crippen molar-refractivity contribution in [3.05, 3.63) is 23.3 Å². The van der Waals surface area contributed by atoms with Gasteiger partial charge in [0.1, 0.15) is 0 Å². The normalized spacial score (nSPS) is 19.2. The number of hydrogen-bond acceptors (Lipinski definition) is 4. The fourth-order valence-corrected chi connectivity index (χ4v) is 3.81. The van der Waals surface area contributed by atoms with Crippen LogP contribution in [0.4, 0.5) is 0 Å². The lowest BCUT2D eigenvalue weighted by molar-refractivity contribution is -0.141. The second-order valence-electron chi connectivity index (χ2n) is 9.01. The predicted molar refractivity (Wildman–Crippen MR) is 115 cm³/mol. The smallest absolute Gasteiger partial charge is 0.331 e. The van der Waals surface area contributed by atoms with Crippen LogP contribution in [-0.4, -0.2) is 44.6 Å². The molecule has 0 aromatic heterocycles. The number of aliphatic hydroxyl groups excluding tert-OH is 1. The molecule has 0 spiro atoms. The molecule has 6 nitrogen and oxygen atoms in total. The van der Waals surface area contributed by atoms with Gasteiger partial charge in [0.05, 0.1) is 11.5 Å². The molecule has 29 heavy (non-hydrogen) atoms. The molecule has 0 aliphatic carbocycles. The van der Waals surface area contributed by atoms with Crippen LogP contribution in [0.3, 0.4) is 0 Å². The van der Waals surface area contributed by atoms with Crippen molar-refractivity contribution in [3.8, 4) is 0 Å². The number of hydrogen-bond donors (Lipinski definition) is 4. The van der Waals surface area contributed by atoms with Gasteiger partial charge < -0.3 is 20.4 Å². The van der Waals surface area contributed by atoms with E-state index in [1.54, 1.807) is 6.92 Å². The molecule has 5 atom stereocenters. The quantitative estimate of drug-likeness (QED) is 0.250. The molecule has 0 heterocycles. The number of carboxylic acids is 2. The van der Waals surface area contributed by atoms with E-state index in [1.807, 2.05) is 19.9 Å². The summed E-state index contributed by atoms with van der Waals surface area (Å²) >= 11 is 0. The van der Waals surface area contributed by atoms with E-state index in [4.69, 9.17) is 5.11 Å². The highest BCUT2D eigenvalue weighted by Gasteiger charge is 2.27. The molecule has 0 fully saturated rings. The van der Waals surface area contributed by atoms with Crippen LogP contribution in [0.25, 0.3) is 0 Å². The number of allylic oxidation sites excluding steroid dienone is 3. The lowest BCUT2D eigenvalue weighted by atomic mass is 9.81. The summed E-state index contributed by atoms with van der Waals surface area (Å²) in [5, 5.41) is 38.8. The molecule has 0 bridgehead atoms. The monoisotopic (exact) mass is 412 g/mol. The van der Waals surface area contributed by atoms with Crippen molar-refractivity contribution in [2.45, 2.75) is 79.2 Å². The lowest BCUT2D eigenvalue weighted by Gasteiger charge is -2.30. The van der Waals surface area contributed by atoms with Crippen LogP contribution >= 0.6 is 0 Å². The third-order valence-corrected chi connectivity index (χ3v) is 5.35. The van der Waals surface area contributed by atoms with Gasteiger partial charge in [0.2, 0.25) is 0 Å². The molecule has 168 valence electrons.